The van der Waals surface area contributed by atoms with E-state index in [1.807, 2.05) is 13.8 Å². The molecule has 2 N–H and O–H groups in total. The van der Waals surface area contributed by atoms with Crippen molar-refractivity contribution in [3.05, 3.63) is 24.3 Å². The van der Waals surface area contributed by atoms with Crippen molar-refractivity contribution in [2.75, 3.05) is 13.1 Å². The molecular weight excluding hydrogens is 204 g/mol. The van der Waals surface area contributed by atoms with Crippen LogP contribution >= 0.6 is 0 Å². The Morgan fingerprint density at radius 1 is 1.50 bits per heavy atom. The first-order valence-corrected chi connectivity index (χ1v) is 5.50. The molecule has 1 amide bonds. The van der Waals surface area contributed by atoms with Gasteiger partial charge in [-0.2, -0.15) is 0 Å². The van der Waals surface area contributed by atoms with Crippen LogP contribution in [0, 0.1) is 0 Å². The molecule has 0 aliphatic rings. The highest BCUT2D eigenvalue weighted by Crippen LogP contribution is 2.05. The molecule has 88 valence electrons. The van der Waals surface area contributed by atoms with Crippen molar-refractivity contribution in [1.82, 2.24) is 20.6 Å². The smallest absolute Gasteiger partial charge is 0.233 e. The zero-order valence-corrected chi connectivity index (χ0v) is 9.73. The van der Waals surface area contributed by atoms with Crippen molar-refractivity contribution in [3.8, 4) is 0 Å². The second-order valence-corrected chi connectivity index (χ2v) is 3.58. The van der Waals surface area contributed by atoms with Crippen LogP contribution in [0.4, 0.5) is 0 Å². The summed E-state index contributed by atoms with van der Waals surface area (Å²) in [5.41, 5.74) is 0.839. The maximum atomic E-state index is 11.3. The average molecular weight is 222 g/mol. The van der Waals surface area contributed by atoms with Gasteiger partial charge in [0.15, 0.2) is 0 Å². The fourth-order valence-corrected chi connectivity index (χ4v) is 1.21. The van der Waals surface area contributed by atoms with Gasteiger partial charge >= 0.3 is 0 Å². The molecule has 5 heteroatoms. The monoisotopic (exact) mass is 222 g/mol. The molecule has 0 spiro atoms. The highest BCUT2D eigenvalue weighted by molar-refractivity contribution is 5.77. The second kappa shape index (κ2) is 6.90. The predicted molar refractivity (Wildman–Crippen MR) is 61.8 cm³/mol. The quantitative estimate of drug-likeness (QED) is 0.741. The van der Waals surface area contributed by atoms with Crippen LogP contribution in [-0.2, 0) is 4.79 Å². The van der Waals surface area contributed by atoms with E-state index in [-0.39, 0.29) is 11.9 Å². The summed E-state index contributed by atoms with van der Waals surface area (Å²) in [5, 5.41) is 5.89. The largest absolute Gasteiger partial charge is 0.355 e. The maximum Gasteiger partial charge on any atom is 0.233 e. The second-order valence-electron chi connectivity index (χ2n) is 3.58. The van der Waals surface area contributed by atoms with Crippen LogP contribution < -0.4 is 10.6 Å². The number of nitrogens with zero attached hydrogens (tertiary/aromatic N) is 2. The minimum atomic E-state index is 0.0117. The summed E-state index contributed by atoms with van der Waals surface area (Å²) < 4.78 is 0. The van der Waals surface area contributed by atoms with E-state index in [0.29, 0.717) is 6.54 Å². The van der Waals surface area contributed by atoms with Crippen molar-refractivity contribution in [2.24, 2.45) is 0 Å². The summed E-state index contributed by atoms with van der Waals surface area (Å²) in [7, 11) is 0. The highest BCUT2D eigenvalue weighted by atomic mass is 16.1. The van der Waals surface area contributed by atoms with Gasteiger partial charge in [0, 0.05) is 31.2 Å². The van der Waals surface area contributed by atoms with Gasteiger partial charge < -0.3 is 10.6 Å². The minimum Gasteiger partial charge on any atom is -0.355 e. The summed E-state index contributed by atoms with van der Waals surface area (Å²) in [5.74, 6) is 0.0117. The fraction of sp³-hybridized carbons (Fsp3) is 0.545. The van der Waals surface area contributed by atoms with Gasteiger partial charge in [-0.25, -0.2) is 0 Å². The average Bonchev–Trinajstić information content (AvgIpc) is 2.34. The van der Waals surface area contributed by atoms with Gasteiger partial charge in [0.05, 0.1) is 12.2 Å². The Morgan fingerprint density at radius 2 is 2.31 bits per heavy atom. The SMILES string of the molecule is CCCNC(=O)CNC(C)c1cnccn1. The molecule has 0 aliphatic heterocycles. The molecule has 0 bridgehead atoms. The molecule has 16 heavy (non-hydrogen) atoms. The van der Waals surface area contributed by atoms with Crippen LogP contribution in [0.25, 0.3) is 0 Å². The van der Waals surface area contributed by atoms with Crippen molar-refractivity contribution in [2.45, 2.75) is 26.3 Å². The predicted octanol–water partition coefficient (Wildman–Crippen LogP) is 0.653. The van der Waals surface area contributed by atoms with Crippen molar-refractivity contribution in [1.29, 1.82) is 0 Å². The van der Waals surface area contributed by atoms with Crippen molar-refractivity contribution in [3.63, 3.8) is 0 Å². The molecular formula is C11H18N4O. The van der Waals surface area contributed by atoms with Gasteiger partial charge in [-0.3, -0.25) is 14.8 Å². The molecule has 0 aromatic carbocycles. The standard InChI is InChI=1S/C11H18N4O/c1-3-4-14-11(16)8-15-9(2)10-7-12-5-6-13-10/h5-7,9,15H,3-4,8H2,1-2H3,(H,14,16). The lowest BCUT2D eigenvalue weighted by atomic mass is 10.2. The lowest BCUT2D eigenvalue weighted by molar-refractivity contribution is -0.120. The summed E-state index contributed by atoms with van der Waals surface area (Å²) >= 11 is 0. The first-order chi connectivity index (χ1) is 7.74. The third kappa shape index (κ3) is 4.35. The first-order valence-electron chi connectivity index (χ1n) is 5.50. The summed E-state index contributed by atoms with van der Waals surface area (Å²) in [6, 6.07) is 0.0288. The molecule has 1 aromatic heterocycles. The first kappa shape index (κ1) is 12.6. The maximum absolute atomic E-state index is 11.3. The Kier molecular flexibility index (Phi) is 5.42. The Balaban J connectivity index is 2.30. The Morgan fingerprint density at radius 3 is 2.94 bits per heavy atom. The van der Waals surface area contributed by atoms with Gasteiger partial charge in [0.25, 0.3) is 0 Å². The molecule has 1 aromatic rings. The van der Waals surface area contributed by atoms with Crippen LogP contribution in [0.5, 0.6) is 0 Å². The van der Waals surface area contributed by atoms with Crippen LogP contribution in [0.3, 0.4) is 0 Å². The van der Waals surface area contributed by atoms with Crippen LogP contribution in [-0.4, -0.2) is 29.0 Å². The minimum absolute atomic E-state index is 0.0117. The molecule has 5 nitrogen and oxygen atoms in total. The summed E-state index contributed by atoms with van der Waals surface area (Å²) in [6.45, 7) is 5.00. The van der Waals surface area contributed by atoms with Gasteiger partial charge in [-0.05, 0) is 13.3 Å². The van der Waals surface area contributed by atoms with E-state index < -0.39 is 0 Å². The van der Waals surface area contributed by atoms with Gasteiger partial charge in [-0.1, -0.05) is 6.92 Å². The van der Waals surface area contributed by atoms with Crippen LogP contribution in [0.2, 0.25) is 0 Å². The number of carbonyl (C=O) groups is 1. The summed E-state index contributed by atoms with van der Waals surface area (Å²) in [6.07, 6.45) is 5.92. The zero-order valence-electron chi connectivity index (χ0n) is 9.73. The number of amides is 1. The van der Waals surface area contributed by atoms with E-state index in [1.54, 1.807) is 18.6 Å². The van der Waals surface area contributed by atoms with Gasteiger partial charge in [-0.15, -0.1) is 0 Å². The molecule has 0 radical (unpaired) electrons. The molecule has 0 saturated carbocycles. The number of hydrogen-bond donors (Lipinski definition) is 2. The zero-order chi connectivity index (χ0) is 11.8. The number of hydrogen-bond acceptors (Lipinski definition) is 4. The molecule has 1 heterocycles. The fourth-order valence-electron chi connectivity index (χ4n) is 1.21. The summed E-state index contributed by atoms with van der Waals surface area (Å²) in [4.78, 5) is 19.5. The van der Waals surface area contributed by atoms with E-state index in [0.717, 1.165) is 18.7 Å². The molecule has 0 fully saturated rings. The van der Waals surface area contributed by atoms with Gasteiger partial charge in [0.1, 0.15) is 0 Å². The van der Waals surface area contributed by atoms with Crippen molar-refractivity contribution < 1.29 is 4.79 Å². The van der Waals surface area contributed by atoms with Crippen LogP contribution in [0.1, 0.15) is 32.0 Å². The number of rotatable bonds is 6. The number of nitrogens with one attached hydrogen (secondary N) is 2. The molecule has 1 atom stereocenters. The molecule has 1 rings (SSSR count). The van der Waals surface area contributed by atoms with E-state index in [2.05, 4.69) is 20.6 Å². The lowest BCUT2D eigenvalue weighted by Crippen LogP contribution is -2.35. The Hall–Kier alpha value is -1.49. The van der Waals surface area contributed by atoms with E-state index in [9.17, 15) is 4.79 Å². The van der Waals surface area contributed by atoms with Crippen molar-refractivity contribution >= 4 is 5.91 Å². The molecule has 1 unspecified atom stereocenters. The third-order valence-electron chi connectivity index (χ3n) is 2.17. The van der Waals surface area contributed by atoms with E-state index in [4.69, 9.17) is 0 Å². The number of aromatic nitrogens is 2. The molecule has 0 saturated heterocycles. The Labute approximate surface area is 95.7 Å². The van der Waals surface area contributed by atoms with Crippen LogP contribution in [0.15, 0.2) is 18.6 Å². The number of carbonyl (C=O) groups excluding carboxylic acids is 1. The lowest BCUT2D eigenvalue weighted by Gasteiger charge is -2.12. The Bertz CT molecular complexity index is 315. The third-order valence-corrected chi connectivity index (χ3v) is 2.17. The highest BCUT2D eigenvalue weighted by Gasteiger charge is 2.07. The topological polar surface area (TPSA) is 66.9 Å². The van der Waals surface area contributed by atoms with E-state index >= 15 is 0 Å². The normalized spacial score (nSPS) is 12.1. The molecule has 0 aliphatic carbocycles. The van der Waals surface area contributed by atoms with E-state index in [1.165, 1.54) is 0 Å². The van der Waals surface area contributed by atoms with Gasteiger partial charge in [0.2, 0.25) is 5.91 Å².